The minimum absolute atomic E-state index is 0.158. The second-order valence-electron chi connectivity index (χ2n) is 6.05. The molecule has 2 aromatic carbocycles. The molecule has 0 aliphatic rings. The van der Waals surface area contributed by atoms with Gasteiger partial charge in [0.2, 0.25) is 0 Å². The number of esters is 1. The van der Waals surface area contributed by atoms with Gasteiger partial charge in [0, 0.05) is 6.54 Å². The summed E-state index contributed by atoms with van der Waals surface area (Å²) in [5.74, 6) is 0.560. The average Bonchev–Trinajstić information content (AvgIpc) is 2.68. The molecule has 0 bridgehead atoms. The van der Waals surface area contributed by atoms with Crippen LogP contribution in [0.1, 0.15) is 16.7 Å². The molecular weight excluding hydrogens is 346 g/mol. The van der Waals surface area contributed by atoms with Gasteiger partial charge in [-0.2, -0.15) is 0 Å². The second kappa shape index (κ2) is 10.2. The van der Waals surface area contributed by atoms with Gasteiger partial charge in [-0.25, -0.2) is 0 Å². The third-order valence-corrected chi connectivity index (χ3v) is 4.14. The lowest BCUT2D eigenvalue weighted by Crippen LogP contribution is -2.30. The van der Waals surface area contributed by atoms with Crippen LogP contribution in [-0.4, -0.2) is 39.2 Å². The number of hydrogen-bond acceptors (Lipinski definition) is 5. The Morgan fingerprint density at radius 1 is 1.00 bits per heavy atom. The van der Waals surface area contributed by atoms with Gasteiger partial charge in [-0.05, 0) is 42.2 Å². The van der Waals surface area contributed by atoms with E-state index in [-0.39, 0.29) is 18.9 Å². The molecule has 6 nitrogen and oxygen atoms in total. The minimum atomic E-state index is -0.417. The summed E-state index contributed by atoms with van der Waals surface area (Å²) in [6, 6.07) is 13.2. The Kier molecular flexibility index (Phi) is 7.67. The summed E-state index contributed by atoms with van der Waals surface area (Å²) in [6.45, 7) is 2.09. The predicted molar refractivity (Wildman–Crippen MR) is 102 cm³/mol. The van der Waals surface area contributed by atoms with E-state index in [9.17, 15) is 9.59 Å². The Labute approximate surface area is 159 Å². The van der Waals surface area contributed by atoms with Crippen molar-refractivity contribution in [3.63, 3.8) is 0 Å². The van der Waals surface area contributed by atoms with Crippen molar-refractivity contribution in [2.45, 2.75) is 19.8 Å². The molecule has 0 atom stereocenters. The fourth-order valence-corrected chi connectivity index (χ4v) is 2.59. The fourth-order valence-electron chi connectivity index (χ4n) is 2.59. The maximum absolute atomic E-state index is 11.9. The van der Waals surface area contributed by atoms with Crippen LogP contribution >= 0.6 is 0 Å². The highest BCUT2D eigenvalue weighted by molar-refractivity contribution is 5.81. The van der Waals surface area contributed by atoms with Crippen LogP contribution in [0.2, 0.25) is 0 Å². The van der Waals surface area contributed by atoms with Gasteiger partial charge in [-0.1, -0.05) is 30.3 Å². The molecule has 2 aromatic rings. The van der Waals surface area contributed by atoms with Crippen molar-refractivity contribution in [3.05, 3.63) is 59.2 Å². The van der Waals surface area contributed by atoms with E-state index in [0.717, 1.165) is 16.7 Å². The molecule has 1 N–H and O–H groups in total. The molecule has 0 heterocycles. The highest BCUT2D eigenvalue weighted by Gasteiger charge is 2.10. The predicted octanol–water partition coefficient (Wildman–Crippen LogP) is 2.46. The summed E-state index contributed by atoms with van der Waals surface area (Å²) in [5, 5.41) is 2.74. The van der Waals surface area contributed by atoms with Gasteiger partial charge >= 0.3 is 5.97 Å². The summed E-state index contributed by atoms with van der Waals surface area (Å²) in [6.07, 6.45) is 0.787. The fraction of sp³-hybridized carbons (Fsp3) is 0.333. The van der Waals surface area contributed by atoms with Crippen molar-refractivity contribution in [2.24, 2.45) is 0 Å². The normalized spacial score (nSPS) is 10.2. The van der Waals surface area contributed by atoms with E-state index in [0.29, 0.717) is 24.5 Å². The maximum Gasteiger partial charge on any atom is 0.310 e. The lowest BCUT2D eigenvalue weighted by atomic mass is 10.1. The SMILES string of the molecule is COc1ccc(CCNC(=O)COC(=O)Cc2ccccc2C)cc1OC. The zero-order valence-electron chi connectivity index (χ0n) is 15.9. The molecule has 0 unspecified atom stereocenters. The van der Waals surface area contributed by atoms with Gasteiger partial charge in [-0.15, -0.1) is 0 Å². The lowest BCUT2D eigenvalue weighted by Gasteiger charge is -2.10. The Morgan fingerprint density at radius 3 is 2.44 bits per heavy atom. The molecule has 0 radical (unpaired) electrons. The van der Waals surface area contributed by atoms with Crippen molar-refractivity contribution in [3.8, 4) is 11.5 Å². The first kappa shape index (κ1) is 20.3. The first-order valence-electron chi connectivity index (χ1n) is 8.71. The summed E-state index contributed by atoms with van der Waals surface area (Å²) >= 11 is 0. The third kappa shape index (κ3) is 6.33. The van der Waals surface area contributed by atoms with Crippen LogP contribution in [-0.2, 0) is 27.2 Å². The smallest absolute Gasteiger partial charge is 0.310 e. The maximum atomic E-state index is 11.9. The zero-order valence-corrected chi connectivity index (χ0v) is 15.9. The quantitative estimate of drug-likeness (QED) is 0.686. The number of benzene rings is 2. The van der Waals surface area contributed by atoms with Crippen LogP contribution in [0.25, 0.3) is 0 Å². The second-order valence-corrected chi connectivity index (χ2v) is 6.05. The van der Waals surface area contributed by atoms with Crippen LogP contribution < -0.4 is 14.8 Å². The third-order valence-electron chi connectivity index (χ3n) is 4.14. The Morgan fingerprint density at radius 2 is 1.74 bits per heavy atom. The van der Waals surface area contributed by atoms with Crippen LogP contribution in [0.4, 0.5) is 0 Å². The van der Waals surface area contributed by atoms with Gasteiger partial charge < -0.3 is 19.5 Å². The lowest BCUT2D eigenvalue weighted by molar-refractivity contribution is -0.147. The van der Waals surface area contributed by atoms with Gasteiger partial charge in [0.25, 0.3) is 5.91 Å². The van der Waals surface area contributed by atoms with Crippen molar-refractivity contribution in [1.29, 1.82) is 0 Å². The van der Waals surface area contributed by atoms with Crippen LogP contribution in [0, 0.1) is 6.92 Å². The number of methoxy groups -OCH3 is 2. The largest absolute Gasteiger partial charge is 0.493 e. The highest BCUT2D eigenvalue weighted by Crippen LogP contribution is 2.27. The van der Waals surface area contributed by atoms with Crippen molar-refractivity contribution in [2.75, 3.05) is 27.4 Å². The number of rotatable bonds is 9. The molecule has 6 heteroatoms. The molecule has 0 spiro atoms. The standard InChI is InChI=1S/C21H25NO5/c1-15-6-4-5-7-17(15)13-21(24)27-14-20(23)22-11-10-16-8-9-18(25-2)19(12-16)26-3/h4-9,12H,10-11,13-14H2,1-3H3,(H,22,23). The summed E-state index contributed by atoms with van der Waals surface area (Å²) in [7, 11) is 3.16. The Bertz CT molecular complexity index is 788. The van der Waals surface area contributed by atoms with Gasteiger partial charge in [-0.3, -0.25) is 9.59 Å². The van der Waals surface area contributed by atoms with Crippen molar-refractivity contribution < 1.29 is 23.8 Å². The van der Waals surface area contributed by atoms with Gasteiger partial charge in [0.15, 0.2) is 18.1 Å². The molecule has 0 aliphatic heterocycles. The first-order valence-corrected chi connectivity index (χ1v) is 8.71. The molecule has 144 valence electrons. The van der Waals surface area contributed by atoms with E-state index in [2.05, 4.69) is 5.32 Å². The number of carbonyl (C=O) groups excluding carboxylic acids is 2. The van der Waals surface area contributed by atoms with E-state index in [4.69, 9.17) is 14.2 Å². The molecule has 0 fully saturated rings. The van der Waals surface area contributed by atoms with E-state index < -0.39 is 5.97 Å². The van der Waals surface area contributed by atoms with Crippen LogP contribution in [0.5, 0.6) is 11.5 Å². The summed E-state index contributed by atoms with van der Waals surface area (Å²) < 4.78 is 15.5. The highest BCUT2D eigenvalue weighted by atomic mass is 16.5. The Hall–Kier alpha value is -3.02. The van der Waals surface area contributed by atoms with Gasteiger partial charge in [0.1, 0.15) is 0 Å². The zero-order chi connectivity index (χ0) is 19.6. The average molecular weight is 371 g/mol. The van der Waals surface area contributed by atoms with Gasteiger partial charge in [0.05, 0.1) is 20.6 Å². The Balaban J connectivity index is 1.72. The molecule has 0 saturated heterocycles. The van der Waals surface area contributed by atoms with E-state index in [1.165, 1.54) is 0 Å². The molecular formula is C21H25NO5. The topological polar surface area (TPSA) is 73.9 Å². The number of ether oxygens (including phenoxy) is 3. The van der Waals surface area contributed by atoms with E-state index >= 15 is 0 Å². The number of amides is 1. The minimum Gasteiger partial charge on any atom is -0.493 e. The number of carbonyl (C=O) groups is 2. The summed E-state index contributed by atoms with van der Waals surface area (Å²) in [4.78, 5) is 23.7. The molecule has 0 aliphatic carbocycles. The number of hydrogen-bond donors (Lipinski definition) is 1. The van der Waals surface area contributed by atoms with Crippen molar-refractivity contribution in [1.82, 2.24) is 5.32 Å². The molecule has 0 saturated carbocycles. The van der Waals surface area contributed by atoms with Crippen molar-refractivity contribution >= 4 is 11.9 Å². The number of aryl methyl sites for hydroxylation is 1. The molecule has 1 amide bonds. The first-order chi connectivity index (χ1) is 13.0. The summed E-state index contributed by atoms with van der Waals surface area (Å²) in [5.41, 5.74) is 2.93. The number of nitrogens with one attached hydrogen (secondary N) is 1. The van der Waals surface area contributed by atoms with E-state index in [1.807, 2.05) is 49.4 Å². The molecule has 27 heavy (non-hydrogen) atoms. The monoisotopic (exact) mass is 371 g/mol. The molecule has 2 rings (SSSR count). The van der Waals surface area contributed by atoms with Crippen LogP contribution in [0.3, 0.4) is 0 Å². The van der Waals surface area contributed by atoms with E-state index in [1.54, 1.807) is 14.2 Å². The van der Waals surface area contributed by atoms with Crippen LogP contribution in [0.15, 0.2) is 42.5 Å². The molecule has 0 aromatic heterocycles.